The van der Waals surface area contributed by atoms with Crippen LogP contribution in [0.3, 0.4) is 0 Å². The summed E-state index contributed by atoms with van der Waals surface area (Å²) in [6.07, 6.45) is 4.23. The molecule has 0 aromatic heterocycles. The Morgan fingerprint density at radius 3 is 2.70 bits per heavy atom. The summed E-state index contributed by atoms with van der Waals surface area (Å²) < 4.78 is 29.7. The van der Waals surface area contributed by atoms with Crippen LogP contribution in [0.25, 0.3) is 0 Å². The Hall–Kier alpha value is -1.78. The van der Waals surface area contributed by atoms with Crippen molar-refractivity contribution in [1.29, 1.82) is 5.26 Å². The zero-order valence-electron chi connectivity index (χ0n) is 11.4. The lowest BCUT2D eigenvalue weighted by Crippen LogP contribution is -2.22. The van der Waals surface area contributed by atoms with Crippen LogP contribution >= 0.6 is 0 Å². The third-order valence-corrected chi connectivity index (χ3v) is 3.15. The first-order valence-electron chi connectivity index (χ1n) is 6.44. The van der Waals surface area contributed by atoms with Gasteiger partial charge >= 0.3 is 0 Å². The molecule has 20 heavy (non-hydrogen) atoms. The predicted octanol–water partition coefficient (Wildman–Crippen LogP) is 2.13. The Kier molecular flexibility index (Phi) is 6.28. The highest BCUT2D eigenvalue weighted by molar-refractivity contribution is 7.90. The number of hydrogen-bond acceptors (Lipinski definition) is 4. The average molecular weight is 297 g/mol. The van der Waals surface area contributed by atoms with E-state index in [0.29, 0.717) is 12.4 Å². The number of benzene rings is 1. The number of nitrogens with zero attached hydrogens (tertiary/aromatic N) is 1. The van der Waals surface area contributed by atoms with E-state index in [1.807, 2.05) is 6.07 Å². The molecule has 0 amide bonds. The summed E-state index contributed by atoms with van der Waals surface area (Å²) >= 11 is 0. The standard InChI is InChI=1S/C13H19N3O3S/c1-2-3-4-5-9-19-13-8-6-7-12(11(13)10-14)16-20(15,17)18/h6-8,16H,2-5,9H2,1H3,(H2,15,17,18). The fourth-order valence-electron chi connectivity index (χ4n) is 1.72. The van der Waals surface area contributed by atoms with E-state index in [0.717, 1.165) is 25.7 Å². The minimum atomic E-state index is -3.92. The van der Waals surface area contributed by atoms with Crippen molar-refractivity contribution in [2.24, 2.45) is 5.14 Å². The van der Waals surface area contributed by atoms with Gasteiger partial charge < -0.3 is 4.74 Å². The molecule has 1 aromatic rings. The van der Waals surface area contributed by atoms with Gasteiger partial charge in [-0.1, -0.05) is 32.3 Å². The molecule has 1 rings (SSSR count). The summed E-state index contributed by atoms with van der Waals surface area (Å²) in [7, 11) is -3.92. The van der Waals surface area contributed by atoms with E-state index in [-0.39, 0.29) is 11.3 Å². The van der Waals surface area contributed by atoms with E-state index in [2.05, 4.69) is 11.6 Å². The molecule has 0 saturated heterocycles. The van der Waals surface area contributed by atoms with E-state index in [1.165, 1.54) is 6.07 Å². The molecule has 110 valence electrons. The van der Waals surface area contributed by atoms with Crippen molar-refractivity contribution >= 4 is 15.9 Å². The lowest BCUT2D eigenvalue weighted by atomic mass is 10.2. The van der Waals surface area contributed by atoms with Gasteiger partial charge in [0.15, 0.2) is 0 Å². The minimum Gasteiger partial charge on any atom is -0.492 e. The van der Waals surface area contributed by atoms with Crippen molar-refractivity contribution in [2.75, 3.05) is 11.3 Å². The fraction of sp³-hybridized carbons (Fsp3) is 0.462. The van der Waals surface area contributed by atoms with Crippen molar-refractivity contribution < 1.29 is 13.2 Å². The van der Waals surface area contributed by atoms with Crippen molar-refractivity contribution in [1.82, 2.24) is 0 Å². The largest absolute Gasteiger partial charge is 0.492 e. The number of nitrogens with two attached hydrogens (primary N) is 1. The normalized spacial score (nSPS) is 10.8. The summed E-state index contributed by atoms with van der Waals surface area (Å²) in [4.78, 5) is 0. The molecule has 0 radical (unpaired) electrons. The first-order chi connectivity index (χ1) is 9.48. The van der Waals surface area contributed by atoms with Gasteiger partial charge in [0.1, 0.15) is 17.4 Å². The highest BCUT2D eigenvalue weighted by atomic mass is 32.2. The number of rotatable bonds is 8. The lowest BCUT2D eigenvalue weighted by molar-refractivity contribution is 0.304. The lowest BCUT2D eigenvalue weighted by Gasteiger charge is -2.11. The Balaban J connectivity index is 2.77. The van der Waals surface area contributed by atoms with Gasteiger partial charge in [-0.2, -0.15) is 13.7 Å². The molecule has 6 nitrogen and oxygen atoms in total. The summed E-state index contributed by atoms with van der Waals surface area (Å²) in [5.74, 6) is 0.359. The number of nitriles is 1. The molecule has 7 heteroatoms. The van der Waals surface area contributed by atoms with Gasteiger partial charge in [0.25, 0.3) is 10.2 Å². The van der Waals surface area contributed by atoms with Crippen molar-refractivity contribution in [3.63, 3.8) is 0 Å². The van der Waals surface area contributed by atoms with Crippen LogP contribution in [0.4, 0.5) is 5.69 Å². The summed E-state index contributed by atoms with van der Waals surface area (Å²) in [6.45, 7) is 2.62. The number of nitrogens with one attached hydrogen (secondary N) is 1. The summed E-state index contributed by atoms with van der Waals surface area (Å²) in [5.41, 5.74) is 0.262. The molecule has 3 N–H and O–H groups in total. The topological polar surface area (TPSA) is 105 Å². The Bertz CT molecular complexity index is 579. The molecule has 0 aliphatic carbocycles. The third-order valence-electron chi connectivity index (χ3n) is 2.65. The van der Waals surface area contributed by atoms with Crippen LogP contribution in [-0.4, -0.2) is 15.0 Å². The zero-order chi connectivity index (χ0) is 15.0. The van der Waals surface area contributed by atoms with E-state index >= 15 is 0 Å². The quantitative estimate of drug-likeness (QED) is 0.717. The predicted molar refractivity (Wildman–Crippen MR) is 77.5 cm³/mol. The zero-order valence-corrected chi connectivity index (χ0v) is 12.2. The fourth-order valence-corrected chi connectivity index (χ4v) is 2.19. The van der Waals surface area contributed by atoms with Crippen LogP contribution in [0, 0.1) is 11.3 Å². The molecule has 0 spiro atoms. The average Bonchev–Trinajstić information content (AvgIpc) is 2.37. The van der Waals surface area contributed by atoms with Crippen molar-refractivity contribution in [3.8, 4) is 11.8 Å². The smallest absolute Gasteiger partial charge is 0.296 e. The van der Waals surface area contributed by atoms with Gasteiger partial charge in [0.2, 0.25) is 0 Å². The Labute approximate surface area is 119 Å². The first kappa shape index (κ1) is 16.3. The highest BCUT2D eigenvalue weighted by Crippen LogP contribution is 2.26. The van der Waals surface area contributed by atoms with Gasteiger partial charge in [0.05, 0.1) is 12.3 Å². The maximum absolute atomic E-state index is 11.0. The van der Waals surface area contributed by atoms with Gasteiger partial charge in [0, 0.05) is 0 Å². The Morgan fingerprint density at radius 2 is 2.10 bits per heavy atom. The maximum Gasteiger partial charge on any atom is 0.296 e. The second-order valence-electron chi connectivity index (χ2n) is 4.35. The maximum atomic E-state index is 11.0. The minimum absolute atomic E-state index is 0.126. The Morgan fingerprint density at radius 1 is 1.35 bits per heavy atom. The number of anilines is 1. The van der Waals surface area contributed by atoms with Gasteiger partial charge in [-0.15, -0.1) is 0 Å². The molecule has 0 aliphatic heterocycles. The van der Waals surface area contributed by atoms with Crippen LogP contribution < -0.4 is 14.6 Å². The number of ether oxygens (including phenoxy) is 1. The number of unbranched alkanes of at least 4 members (excludes halogenated alkanes) is 3. The van der Waals surface area contributed by atoms with Crippen molar-refractivity contribution in [2.45, 2.75) is 32.6 Å². The van der Waals surface area contributed by atoms with Crippen LogP contribution in [0.5, 0.6) is 5.75 Å². The SMILES string of the molecule is CCCCCCOc1cccc(NS(N)(=O)=O)c1C#N. The van der Waals surface area contributed by atoms with Crippen LogP contribution in [0.1, 0.15) is 38.2 Å². The first-order valence-corrected chi connectivity index (χ1v) is 7.99. The van der Waals surface area contributed by atoms with Crippen LogP contribution in [0.15, 0.2) is 18.2 Å². The molecular weight excluding hydrogens is 278 g/mol. The monoisotopic (exact) mass is 297 g/mol. The van der Waals surface area contributed by atoms with Crippen LogP contribution in [-0.2, 0) is 10.2 Å². The van der Waals surface area contributed by atoms with E-state index < -0.39 is 10.2 Å². The van der Waals surface area contributed by atoms with E-state index in [1.54, 1.807) is 12.1 Å². The summed E-state index contributed by atoms with van der Waals surface area (Å²) in [5, 5.41) is 14.0. The molecule has 0 unspecified atom stereocenters. The molecule has 0 fully saturated rings. The second-order valence-corrected chi connectivity index (χ2v) is 5.64. The molecule has 1 aromatic carbocycles. The van der Waals surface area contributed by atoms with E-state index in [9.17, 15) is 8.42 Å². The molecule has 0 aliphatic rings. The highest BCUT2D eigenvalue weighted by Gasteiger charge is 2.12. The molecule has 0 bridgehead atoms. The molecular formula is C13H19N3O3S. The van der Waals surface area contributed by atoms with Gasteiger partial charge in [-0.25, -0.2) is 5.14 Å². The second kappa shape index (κ2) is 7.72. The van der Waals surface area contributed by atoms with Gasteiger partial charge in [-0.05, 0) is 18.6 Å². The molecule has 0 heterocycles. The summed E-state index contributed by atoms with van der Waals surface area (Å²) in [6, 6.07) is 6.64. The molecule has 0 saturated carbocycles. The third kappa shape index (κ3) is 5.47. The van der Waals surface area contributed by atoms with Gasteiger partial charge in [-0.3, -0.25) is 4.72 Å². The van der Waals surface area contributed by atoms with E-state index in [4.69, 9.17) is 15.1 Å². The molecule has 0 atom stereocenters. The number of hydrogen-bond donors (Lipinski definition) is 2. The van der Waals surface area contributed by atoms with Crippen molar-refractivity contribution in [3.05, 3.63) is 23.8 Å². The van der Waals surface area contributed by atoms with Crippen LogP contribution in [0.2, 0.25) is 0 Å².